The molecule has 0 N–H and O–H groups in total. The number of halogens is 1. The third kappa shape index (κ3) is 7.28. The summed E-state index contributed by atoms with van der Waals surface area (Å²) in [7, 11) is 0. The van der Waals surface area contributed by atoms with Gasteiger partial charge in [-0.3, -0.25) is 4.79 Å². The van der Waals surface area contributed by atoms with Gasteiger partial charge in [0.25, 0.3) is 0 Å². The predicted octanol–water partition coefficient (Wildman–Crippen LogP) is 4.12. The molecule has 1 aromatic carbocycles. The summed E-state index contributed by atoms with van der Waals surface area (Å²) in [6.45, 7) is 11.8. The summed E-state index contributed by atoms with van der Waals surface area (Å²) in [5.41, 5.74) is 1.05. The number of carbonyl (C=O) groups excluding carboxylic acids is 1. The van der Waals surface area contributed by atoms with Crippen LogP contribution in [-0.2, 0) is 9.53 Å². The Morgan fingerprint density at radius 3 is 2.23 bits per heavy atom. The van der Waals surface area contributed by atoms with E-state index < -0.39 is 0 Å². The topological polar surface area (TPSA) is 29.5 Å². The normalized spacial score (nSPS) is 12.1. The minimum Gasteiger partial charge on any atom is -0.464 e. The number of carbonyl (C=O) groups is 1. The summed E-state index contributed by atoms with van der Waals surface area (Å²) in [4.78, 5) is 14.7. The van der Waals surface area contributed by atoms with Gasteiger partial charge in [-0.25, -0.2) is 0 Å². The second-order valence-electron chi connectivity index (χ2n) is 5.79. The maximum atomic E-state index is 12.4. The van der Waals surface area contributed by atoms with Gasteiger partial charge in [0, 0.05) is 6.54 Å². The van der Waals surface area contributed by atoms with Crippen LogP contribution < -0.4 is 0 Å². The second kappa shape index (κ2) is 11.5. The number of ether oxygens (including phenoxy) is 1. The number of hydrogen-bond donors (Lipinski definition) is 0. The van der Waals surface area contributed by atoms with Gasteiger partial charge >= 0.3 is 5.97 Å². The molecule has 0 heterocycles. The van der Waals surface area contributed by atoms with E-state index in [1.54, 1.807) is 0 Å². The van der Waals surface area contributed by atoms with E-state index in [0.29, 0.717) is 12.5 Å². The van der Waals surface area contributed by atoms with Crippen LogP contribution in [0.15, 0.2) is 30.3 Å². The third-order valence-electron chi connectivity index (χ3n) is 3.74. The fraction of sp³-hybridized carbons (Fsp3) is 0.611. The van der Waals surface area contributed by atoms with Crippen LogP contribution in [0.4, 0.5) is 0 Å². The largest absolute Gasteiger partial charge is 0.464 e. The van der Waals surface area contributed by atoms with Crippen molar-refractivity contribution in [3.05, 3.63) is 35.9 Å². The Bertz CT molecular complexity index is 405. The smallest absolute Gasteiger partial charge is 0.313 e. The summed E-state index contributed by atoms with van der Waals surface area (Å²) < 4.78 is 5.51. The molecule has 0 aliphatic rings. The van der Waals surface area contributed by atoms with Gasteiger partial charge in [-0.05, 0) is 31.0 Å². The van der Waals surface area contributed by atoms with Gasteiger partial charge in [-0.2, -0.15) is 0 Å². The number of esters is 1. The molecular weight excluding hydrogens is 298 g/mol. The molecule has 0 fully saturated rings. The lowest BCUT2D eigenvalue weighted by atomic mass is 9.90. The first-order valence-corrected chi connectivity index (χ1v) is 8.02. The van der Waals surface area contributed by atoms with Crippen LogP contribution in [0.5, 0.6) is 0 Å². The van der Waals surface area contributed by atoms with Crippen LogP contribution in [0.2, 0.25) is 0 Å². The Balaban J connectivity index is 0.00000441. The Kier molecular flexibility index (Phi) is 10.9. The number of nitrogens with zero attached hydrogens (tertiary/aromatic N) is 1. The highest BCUT2D eigenvalue weighted by Crippen LogP contribution is 2.25. The van der Waals surface area contributed by atoms with Crippen LogP contribution >= 0.6 is 12.4 Å². The fourth-order valence-electron chi connectivity index (χ4n) is 2.44. The molecular formula is C18H30ClNO2. The average Bonchev–Trinajstić information content (AvgIpc) is 2.49. The first-order valence-electron chi connectivity index (χ1n) is 8.02. The van der Waals surface area contributed by atoms with Crippen molar-refractivity contribution in [3.63, 3.8) is 0 Å². The van der Waals surface area contributed by atoms with E-state index in [2.05, 4.69) is 32.6 Å². The summed E-state index contributed by atoms with van der Waals surface area (Å²) in [5, 5.41) is 0. The molecule has 0 saturated heterocycles. The number of benzene rings is 1. The van der Waals surface area contributed by atoms with Gasteiger partial charge in [0.05, 0.1) is 5.92 Å². The molecule has 1 rings (SSSR count). The first kappa shape index (κ1) is 20.9. The molecule has 1 atom stereocenters. The molecule has 0 aromatic heterocycles. The number of rotatable bonds is 9. The van der Waals surface area contributed by atoms with Crippen molar-refractivity contribution in [3.8, 4) is 0 Å². The van der Waals surface area contributed by atoms with Crippen molar-refractivity contribution in [2.75, 3.05) is 26.2 Å². The van der Waals surface area contributed by atoms with Crippen molar-refractivity contribution in [2.24, 2.45) is 5.92 Å². The zero-order valence-electron chi connectivity index (χ0n) is 14.2. The molecule has 0 saturated carbocycles. The van der Waals surface area contributed by atoms with E-state index in [4.69, 9.17) is 4.74 Å². The second-order valence-corrected chi connectivity index (χ2v) is 5.79. The molecule has 22 heavy (non-hydrogen) atoms. The van der Waals surface area contributed by atoms with Gasteiger partial charge in [-0.1, -0.05) is 58.0 Å². The molecule has 0 spiro atoms. The Hall–Kier alpha value is -1.06. The summed E-state index contributed by atoms with van der Waals surface area (Å²) in [6.07, 6.45) is 0.827. The van der Waals surface area contributed by atoms with E-state index in [1.165, 1.54) is 0 Å². The van der Waals surface area contributed by atoms with Crippen LogP contribution in [0.1, 0.15) is 45.6 Å². The highest BCUT2D eigenvalue weighted by Gasteiger charge is 2.23. The van der Waals surface area contributed by atoms with Gasteiger partial charge < -0.3 is 9.64 Å². The van der Waals surface area contributed by atoms with E-state index in [0.717, 1.165) is 31.6 Å². The number of likely N-dealkylation sites (N-methyl/N-ethyl adjacent to an activating group) is 1. The van der Waals surface area contributed by atoms with Crippen molar-refractivity contribution in [1.82, 2.24) is 4.90 Å². The maximum absolute atomic E-state index is 12.4. The highest BCUT2D eigenvalue weighted by molar-refractivity contribution is 5.85. The van der Waals surface area contributed by atoms with Crippen LogP contribution in [0.25, 0.3) is 0 Å². The Morgan fingerprint density at radius 1 is 1.14 bits per heavy atom. The lowest BCUT2D eigenvalue weighted by molar-refractivity contribution is -0.146. The van der Waals surface area contributed by atoms with E-state index in [9.17, 15) is 4.79 Å². The highest BCUT2D eigenvalue weighted by atomic mass is 35.5. The molecule has 0 aliphatic heterocycles. The van der Waals surface area contributed by atoms with Gasteiger partial charge in [0.15, 0.2) is 0 Å². The Morgan fingerprint density at radius 2 is 1.73 bits per heavy atom. The minimum atomic E-state index is -0.150. The molecule has 0 amide bonds. The summed E-state index contributed by atoms with van der Waals surface area (Å²) in [5.74, 6) is 0.218. The first-order chi connectivity index (χ1) is 10.1. The van der Waals surface area contributed by atoms with Gasteiger partial charge in [0.1, 0.15) is 6.61 Å². The molecule has 0 radical (unpaired) electrons. The molecule has 4 heteroatoms. The van der Waals surface area contributed by atoms with Gasteiger partial charge in [0.2, 0.25) is 0 Å². The summed E-state index contributed by atoms with van der Waals surface area (Å²) in [6, 6.07) is 9.96. The Labute approximate surface area is 141 Å². The van der Waals surface area contributed by atoms with Crippen molar-refractivity contribution in [1.29, 1.82) is 0 Å². The monoisotopic (exact) mass is 327 g/mol. The van der Waals surface area contributed by atoms with Gasteiger partial charge in [-0.15, -0.1) is 12.4 Å². The fourth-order valence-corrected chi connectivity index (χ4v) is 2.44. The zero-order valence-corrected chi connectivity index (χ0v) is 15.1. The van der Waals surface area contributed by atoms with Crippen molar-refractivity contribution in [2.45, 2.75) is 40.0 Å². The SMILES string of the molecule is CCN(CC)CCOC(=O)C(CC(C)C)c1ccccc1.Cl. The molecule has 3 nitrogen and oxygen atoms in total. The minimum absolute atomic E-state index is 0. The zero-order chi connectivity index (χ0) is 15.7. The van der Waals surface area contributed by atoms with Crippen LogP contribution in [0, 0.1) is 5.92 Å². The van der Waals surface area contributed by atoms with E-state index in [-0.39, 0.29) is 24.3 Å². The van der Waals surface area contributed by atoms with Crippen LogP contribution in [0.3, 0.4) is 0 Å². The molecule has 1 aromatic rings. The van der Waals surface area contributed by atoms with E-state index >= 15 is 0 Å². The lowest BCUT2D eigenvalue weighted by Gasteiger charge is -2.21. The van der Waals surface area contributed by atoms with Crippen molar-refractivity contribution < 1.29 is 9.53 Å². The molecule has 1 unspecified atom stereocenters. The van der Waals surface area contributed by atoms with Crippen LogP contribution in [-0.4, -0.2) is 37.1 Å². The summed E-state index contributed by atoms with van der Waals surface area (Å²) >= 11 is 0. The van der Waals surface area contributed by atoms with Crippen molar-refractivity contribution >= 4 is 18.4 Å². The standard InChI is InChI=1S/C18H29NO2.ClH/c1-5-19(6-2)12-13-21-18(20)17(14-15(3)4)16-10-8-7-9-11-16;/h7-11,15,17H,5-6,12-14H2,1-4H3;1H. The molecule has 0 bridgehead atoms. The van der Waals surface area contributed by atoms with E-state index in [1.807, 2.05) is 30.3 Å². The molecule has 0 aliphatic carbocycles. The molecule has 126 valence electrons. The lowest BCUT2D eigenvalue weighted by Crippen LogP contribution is -2.29. The average molecular weight is 328 g/mol. The number of hydrogen-bond acceptors (Lipinski definition) is 3. The quantitative estimate of drug-likeness (QED) is 0.639. The predicted molar refractivity (Wildman–Crippen MR) is 94.6 cm³/mol. The maximum Gasteiger partial charge on any atom is 0.313 e. The third-order valence-corrected chi connectivity index (χ3v) is 3.74.